The predicted octanol–water partition coefficient (Wildman–Crippen LogP) is 3.24. The normalized spacial score (nSPS) is 19.9. The topological polar surface area (TPSA) is 109 Å². The number of carbonyl (C=O) groups excluding carboxylic acids is 2. The van der Waals surface area contributed by atoms with E-state index in [1.54, 1.807) is 23.9 Å². The van der Waals surface area contributed by atoms with Crippen LogP contribution in [-0.4, -0.2) is 109 Å². The molecular weight excluding hydrogens is 580 g/mol. The average Bonchev–Trinajstić information content (AvgIpc) is 3.52. The molecule has 3 aliphatic rings. The van der Waals surface area contributed by atoms with Gasteiger partial charge in [-0.15, -0.1) is 0 Å². The van der Waals surface area contributed by atoms with Gasteiger partial charge >= 0.3 is 6.01 Å². The minimum Gasteiger partial charge on any atom is -0.462 e. The molecule has 2 fully saturated rings. The second-order valence-corrected chi connectivity index (χ2v) is 12.5. The van der Waals surface area contributed by atoms with Gasteiger partial charge in [0.15, 0.2) is 0 Å². The quantitative estimate of drug-likeness (QED) is 0.332. The summed E-state index contributed by atoms with van der Waals surface area (Å²) in [6.07, 6.45) is 4.26. The highest BCUT2D eigenvalue weighted by atomic mass is 16.5. The van der Waals surface area contributed by atoms with E-state index in [4.69, 9.17) is 14.7 Å². The summed E-state index contributed by atoms with van der Waals surface area (Å²) < 4.78 is 6.36. The molecule has 1 aromatic heterocycles. The van der Waals surface area contributed by atoms with E-state index in [-0.39, 0.29) is 30.3 Å². The summed E-state index contributed by atoms with van der Waals surface area (Å²) in [7, 11) is 3.56. The van der Waals surface area contributed by atoms with Crippen molar-refractivity contribution in [1.29, 1.82) is 5.26 Å². The molecule has 11 heteroatoms. The molecule has 0 bridgehead atoms. The monoisotopic (exact) mass is 622 g/mol. The molecule has 11 nitrogen and oxygen atoms in total. The number of likely N-dealkylation sites (tertiary alicyclic amines) is 1. The van der Waals surface area contributed by atoms with Gasteiger partial charge in [0.05, 0.1) is 37.3 Å². The van der Waals surface area contributed by atoms with Crippen LogP contribution in [0.25, 0.3) is 10.8 Å². The number of hydrogen-bond acceptors (Lipinski definition) is 9. The van der Waals surface area contributed by atoms with E-state index in [0.29, 0.717) is 45.3 Å². The van der Waals surface area contributed by atoms with Gasteiger partial charge in [0, 0.05) is 63.0 Å². The minimum absolute atomic E-state index is 0.0775. The highest BCUT2D eigenvalue weighted by molar-refractivity contribution is 5.94. The molecule has 2 amide bonds. The molecule has 240 valence electrons. The van der Waals surface area contributed by atoms with E-state index in [1.165, 1.54) is 22.5 Å². The highest BCUT2D eigenvalue weighted by Crippen LogP contribution is 2.35. The van der Waals surface area contributed by atoms with Crippen molar-refractivity contribution in [2.45, 2.75) is 44.3 Å². The number of likely N-dealkylation sites (N-methyl/N-ethyl adjacent to an activating group) is 1. The van der Waals surface area contributed by atoms with E-state index < -0.39 is 0 Å². The van der Waals surface area contributed by atoms with Gasteiger partial charge in [0.2, 0.25) is 11.8 Å². The average molecular weight is 623 g/mol. The summed E-state index contributed by atoms with van der Waals surface area (Å²) in [6.45, 7) is 8.25. The van der Waals surface area contributed by atoms with Crippen molar-refractivity contribution in [3.05, 3.63) is 66.4 Å². The van der Waals surface area contributed by atoms with Gasteiger partial charge in [-0.2, -0.15) is 15.2 Å². The number of amides is 2. The van der Waals surface area contributed by atoms with Crippen LogP contribution in [0.1, 0.15) is 30.5 Å². The van der Waals surface area contributed by atoms with Gasteiger partial charge in [-0.3, -0.25) is 14.5 Å². The van der Waals surface area contributed by atoms with Crippen LogP contribution in [-0.2, 0) is 22.6 Å². The summed E-state index contributed by atoms with van der Waals surface area (Å²) in [4.78, 5) is 45.1. The predicted molar refractivity (Wildman–Crippen MR) is 178 cm³/mol. The highest BCUT2D eigenvalue weighted by Gasteiger charge is 2.34. The van der Waals surface area contributed by atoms with Gasteiger partial charge in [0.25, 0.3) is 0 Å². The van der Waals surface area contributed by atoms with Crippen molar-refractivity contribution in [2.75, 3.05) is 69.8 Å². The van der Waals surface area contributed by atoms with Crippen LogP contribution in [0.2, 0.25) is 0 Å². The number of nitriles is 1. The molecule has 1 unspecified atom stereocenters. The van der Waals surface area contributed by atoms with Crippen LogP contribution in [0.4, 0.5) is 11.5 Å². The molecule has 3 aromatic rings. The number of aromatic nitrogens is 2. The zero-order chi connectivity index (χ0) is 32.2. The second kappa shape index (κ2) is 13.7. The van der Waals surface area contributed by atoms with Crippen molar-refractivity contribution in [3.63, 3.8) is 0 Å². The molecule has 2 saturated heterocycles. The molecule has 4 heterocycles. The van der Waals surface area contributed by atoms with Crippen molar-refractivity contribution >= 4 is 34.1 Å². The second-order valence-electron chi connectivity index (χ2n) is 12.5. The van der Waals surface area contributed by atoms with E-state index in [0.717, 1.165) is 49.4 Å². The Kier molecular flexibility index (Phi) is 9.35. The first-order valence-electron chi connectivity index (χ1n) is 16.1. The Hall–Kier alpha value is -4.69. The maximum atomic E-state index is 12.6. The minimum atomic E-state index is -0.267. The molecular formula is C35H42N8O3. The number of anilines is 2. The maximum absolute atomic E-state index is 12.6. The molecule has 2 atom stereocenters. The number of piperazine rings is 1. The van der Waals surface area contributed by atoms with Gasteiger partial charge < -0.3 is 24.3 Å². The first-order valence-corrected chi connectivity index (χ1v) is 16.1. The molecule has 3 aliphatic heterocycles. The number of nitrogens with zero attached hydrogens (tertiary/aromatic N) is 8. The van der Waals surface area contributed by atoms with E-state index in [1.807, 2.05) is 0 Å². The van der Waals surface area contributed by atoms with Gasteiger partial charge in [-0.05, 0) is 43.3 Å². The van der Waals surface area contributed by atoms with Crippen molar-refractivity contribution in [3.8, 4) is 12.1 Å². The molecule has 0 N–H and O–H groups in total. The summed E-state index contributed by atoms with van der Waals surface area (Å²) in [5.41, 5.74) is 3.18. The zero-order valence-electron chi connectivity index (χ0n) is 26.8. The number of fused-ring (bicyclic) bond motifs is 2. The summed E-state index contributed by atoms with van der Waals surface area (Å²) in [5, 5.41) is 12.0. The molecule has 0 saturated carbocycles. The molecule has 0 radical (unpaired) electrons. The van der Waals surface area contributed by atoms with Crippen LogP contribution in [0.15, 0.2) is 55.1 Å². The first-order chi connectivity index (χ1) is 22.4. The van der Waals surface area contributed by atoms with Crippen LogP contribution in [0, 0.1) is 11.3 Å². The summed E-state index contributed by atoms with van der Waals surface area (Å²) in [5.74, 6) is 0.735. The number of benzene rings is 2. The van der Waals surface area contributed by atoms with Crippen LogP contribution in [0.5, 0.6) is 6.01 Å². The van der Waals surface area contributed by atoms with E-state index in [9.17, 15) is 14.9 Å². The zero-order valence-corrected chi connectivity index (χ0v) is 26.8. The number of carbonyl (C=O) groups is 2. The molecule has 0 spiro atoms. The maximum Gasteiger partial charge on any atom is 0.318 e. The SMILES string of the molecule is C=CC(=O)N1CCN(c2nc(OC[C@@H]3CCCN3CC(=O)N(C)C)nc3c2CCN(c2cccc4ccccc24)C3)CC1CC#N. The Bertz CT molecular complexity index is 1650. The van der Waals surface area contributed by atoms with E-state index in [2.05, 4.69) is 69.8 Å². The Morgan fingerprint density at radius 3 is 2.70 bits per heavy atom. The number of hydrogen-bond donors (Lipinski definition) is 0. The Morgan fingerprint density at radius 2 is 1.89 bits per heavy atom. The van der Waals surface area contributed by atoms with E-state index >= 15 is 0 Å². The molecule has 0 aliphatic carbocycles. The third-order valence-electron chi connectivity index (χ3n) is 9.44. The number of ether oxygens (including phenoxy) is 1. The largest absolute Gasteiger partial charge is 0.462 e. The van der Waals surface area contributed by atoms with Gasteiger partial charge in [-0.1, -0.05) is 43.0 Å². The fourth-order valence-corrected chi connectivity index (χ4v) is 6.92. The smallest absolute Gasteiger partial charge is 0.318 e. The lowest BCUT2D eigenvalue weighted by molar-refractivity contribution is -0.130. The van der Waals surface area contributed by atoms with Crippen LogP contribution < -0.4 is 14.5 Å². The lowest BCUT2D eigenvalue weighted by Gasteiger charge is -2.42. The Balaban J connectivity index is 1.30. The lowest BCUT2D eigenvalue weighted by atomic mass is 10.0. The molecule has 6 rings (SSSR count). The lowest BCUT2D eigenvalue weighted by Crippen LogP contribution is -2.55. The fourth-order valence-electron chi connectivity index (χ4n) is 6.92. The van der Waals surface area contributed by atoms with Gasteiger partial charge in [0.1, 0.15) is 12.4 Å². The molecule has 46 heavy (non-hydrogen) atoms. The summed E-state index contributed by atoms with van der Waals surface area (Å²) >= 11 is 0. The Labute approximate surface area is 270 Å². The van der Waals surface area contributed by atoms with Crippen molar-refractivity contribution in [1.82, 2.24) is 24.7 Å². The fraction of sp³-hybridized carbons (Fsp3) is 0.457. The third kappa shape index (κ3) is 6.49. The summed E-state index contributed by atoms with van der Waals surface area (Å²) in [6, 6.07) is 17.2. The molecule has 2 aromatic carbocycles. The van der Waals surface area contributed by atoms with Crippen LogP contribution in [0.3, 0.4) is 0 Å². The number of rotatable bonds is 9. The third-order valence-corrected chi connectivity index (χ3v) is 9.44. The van der Waals surface area contributed by atoms with Crippen molar-refractivity contribution < 1.29 is 14.3 Å². The van der Waals surface area contributed by atoms with Gasteiger partial charge in [-0.25, -0.2) is 0 Å². The van der Waals surface area contributed by atoms with Crippen molar-refractivity contribution in [2.24, 2.45) is 0 Å². The van der Waals surface area contributed by atoms with Crippen LogP contribution >= 0.6 is 0 Å². The Morgan fingerprint density at radius 1 is 1.07 bits per heavy atom. The first kappa shape index (κ1) is 31.3. The standard InChI is InChI=1S/C35H42N8O3/c1-4-32(44)43-20-19-42(21-26(43)14-16-36)34-29-15-18-41(31-13-7-10-25-9-5-6-12-28(25)31)22-30(29)37-35(38-34)46-24-27-11-8-17-40(27)23-33(45)39(2)3/h4-7,9-10,12-13,26-27H,1,8,11,14-15,17-24H2,2-3H3/t26?,27-/m0/s1.